The molecule has 0 bridgehead atoms. The second kappa shape index (κ2) is 13.1. The van der Waals surface area contributed by atoms with Crippen LogP contribution in [-0.4, -0.2) is 38.3 Å². The SMILES string of the molecule is Cc1ncc(NC(=O)CCCC2CCC[C@@H]2C)cc1NC(=O)/C(N=N)=C1\C=CC(c2ccn(CCO)n2)=CN1. The molecule has 1 unspecified atom stereocenters. The van der Waals surface area contributed by atoms with Gasteiger partial charge in [0.1, 0.15) is 0 Å². The first-order chi connectivity index (χ1) is 18.9. The van der Waals surface area contributed by atoms with E-state index >= 15 is 0 Å². The number of aryl methyl sites for hydroxylation is 1. The van der Waals surface area contributed by atoms with Crippen molar-refractivity contribution in [3.05, 3.63) is 65.7 Å². The molecule has 1 saturated carbocycles. The van der Waals surface area contributed by atoms with Crippen LogP contribution >= 0.6 is 0 Å². The van der Waals surface area contributed by atoms with Crippen molar-refractivity contribution in [1.82, 2.24) is 20.1 Å². The molecule has 0 spiro atoms. The lowest BCUT2D eigenvalue weighted by atomic mass is 9.92. The third kappa shape index (κ3) is 7.26. The molecule has 1 fully saturated rings. The van der Waals surface area contributed by atoms with E-state index in [4.69, 9.17) is 10.6 Å². The lowest BCUT2D eigenvalue weighted by Gasteiger charge is -2.15. The maximum atomic E-state index is 13.0. The minimum atomic E-state index is -0.583. The third-order valence-corrected chi connectivity index (χ3v) is 7.30. The number of hydrogen-bond donors (Lipinski definition) is 5. The van der Waals surface area contributed by atoms with Gasteiger partial charge < -0.3 is 21.1 Å². The number of anilines is 2. The highest BCUT2D eigenvalue weighted by Crippen LogP contribution is 2.34. The van der Waals surface area contributed by atoms with Crippen LogP contribution in [0, 0.1) is 24.3 Å². The summed E-state index contributed by atoms with van der Waals surface area (Å²) in [4.78, 5) is 29.8. The summed E-state index contributed by atoms with van der Waals surface area (Å²) in [6.07, 6.45) is 14.6. The van der Waals surface area contributed by atoms with E-state index in [0.29, 0.717) is 41.4 Å². The van der Waals surface area contributed by atoms with E-state index in [-0.39, 0.29) is 18.2 Å². The van der Waals surface area contributed by atoms with Crippen molar-refractivity contribution in [2.24, 2.45) is 17.0 Å². The van der Waals surface area contributed by atoms with Crippen LogP contribution in [0.3, 0.4) is 0 Å². The molecule has 11 heteroatoms. The molecule has 2 amide bonds. The molecule has 11 nitrogen and oxygen atoms in total. The van der Waals surface area contributed by atoms with Gasteiger partial charge in [0.05, 0.1) is 47.8 Å². The molecule has 3 heterocycles. The molecule has 2 aromatic heterocycles. The highest BCUT2D eigenvalue weighted by molar-refractivity contribution is 6.05. The van der Waals surface area contributed by atoms with Gasteiger partial charge in [-0.05, 0) is 55.9 Å². The smallest absolute Gasteiger partial charge is 0.278 e. The number of nitrogens with one attached hydrogen (secondary N) is 4. The predicted octanol–water partition coefficient (Wildman–Crippen LogP) is 4.51. The van der Waals surface area contributed by atoms with Crippen molar-refractivity contribution in [2.45, 2.75) is 58.9 Å². The van der Waals surface area contributed by atoms with E-state index in [0.717, 1.165) is 30.3 Å². The molecule has 5 N–H and O–H groups in total. The largest absolute Gasteiger partial charge is 0.394 e. The molecule has 39 heavy (non-hydrogen) atoms. The Hall–Kier alpha value is -4.12. The number of nitrogens with zero attached hydrogens (tertiary/aromatic N) is 4. The van der Waals surface area contributed by atoms with Crippen molar-refractivity contribution in [3.63, 3.8) is 0 Å². The lowest BCUT2D eigenvalue weighted by molar-refractivity contribution is -0.116. The van der Waals surface area contributed by atoms with Crippen LogP contribution in [0.2, 0.25) is 0 Å². The highest BCUT2D eigenvalue weighted by Gasteiger charge is 2.23. The van der Waals surface area contributed by atoms with Crippen molar-refractivity contribution < 1.29 is 14.7 Å². The van der Waals surface area contributed by atoms with Crippen LogP contribution in [0.15, 0.2) is 59.4 Å². The summed E-state index contributed by atoms with van der Waals surface area (Å²) >= 11 is 0. The highest BCUT2D eigenvalue weighted by atomic mass is 16.3. The van der Waals surface area contributed by atoms with Crippen LogP contribution in [0.4, 0.5) is 11.4 Å². The summed E-state index contributed by atoms with van der Waals surface area (Å²) in [7, 11) is 0. The number of aromatic nitrogens is 3. The molecule has 1 aliphatic carbocycles. The van der Waals surface area contributed by atoms with Crippen LogP contribution < -0.4 is 16.0 Å². The monoisotopic (exact) mass is 532 g/mol. The van der Waals surface area contributed by atoms with E-state index < -0.39 is 5.91 Å². The van der Waals surface area contributed by atoms with Crippen LogP contribution in [0.25, 0.3) is 5.57 Å². The molecule has 2 aliphatic rings. The molecule has 0 saturated heterocycles. The van der Waals surface area contributed by atoms with Crippen molar-refractivity contribution in [2.75, 3.05) is 17.2 Å². The summed E-state index contributed by atoms with van der Waals surface area (Å²) < 4.78 is 1.64. The number of rotatable bonds is 11. The Labute approximate surface area is 228 Å². The Balaban J connectivity index is 1.36. The van der Waals surface area contributed by atoms with E-state index in [1.165, 1.54) is 19.3 Å². The molecule has 1 aliphatic heterocycles. The molecule has 0 radical (unpaired) electrons. The molecule has 206 valence electrons. The zero-order valence-electron chi connectivity index (χ0n) is 22.4. The molecule has 2 atom stereocenters. The van der Waals surface area contributed by atoms with Crippen molar-refractivity contribution in [3.8, 4) is 0 Å². The van der Waals surface area contributed by atoms with Gasteiger partial charge >= 0.3 is 0 Å². The Morgan fingerprint density at radius 2 is 2.13 bits per heavy atom. The van der Waals surface area contributed by atoms with Crippen LogP contribution in [-0.2, 0) is 16.1 Å². The zero-order chi connectivity index (χ0) is 27.8. The predicted molar refractivity (Wildman–Crippen MR) is 148 cm³/mol. The van der Waals surface area contributed by atoms with Crippen LogP contribution in [0.5, 0.6) is 0 Å². The topological polar surface area (TPSA) is 157 Å². The molecule has 0 aromatic carbocycles. The number of hydrogen-bond acceptors (Lipinski definition) is 8. The van der Waals surface area contributed by atoms with Gasteiger partial charge in [0, 0.05) is 24.4 Å². The second-order valence-electron chi connectivity index (χ2n) is 10.1. The number of aliphatic hydroxyl groups is 1. The number of carbonyl (C=O) groups is 2. The van der Waals surface area contributed by atoms with Gasteiger partial charge in [-0.3, -0.25) is 19.3 Å². The maximum Gasteiger partial charge on any atom is 0.278 e. The van der Waals surface area contributed by atoms with E-state index in [1.807, 2.05) is 6.07 Å². The standard InChI is InChI=1S/C28H36N8O3/c1-18-5-3-6-20(18)7-4-8-26(38)32-22-15-25(19(2)30-17-22)33-28(39)27(34-29)24-10-9-21(16-31-24)23-11-12-36(35-23)13-14-37/h9-12,15-18,20,29,31,37H,3-8,13-14H2,1-2H3,(H,32,38)(H,33,39)/b27-24-,34-29?/t18-,20?/m0/s1. The van der Waals surface area contributed by atoms with Gasteiger partial charge in [0.15, 0.2) is 5.70 Å². The van der Waals surface area contributed by atoms with Crippen LogP contribution in [0.1, 0.15) is 56.8 Å². The first-order valence-electron chi connectivity index (χ1n) is 13.4. The summed E-state index contributed by atoms with van der Waals surface area (Å²) in [6.45, 7) is 4.44. The fourth-order valence-corrected chi connectivity index (χ4v) is 5.02. The number of carbonyl (C=O) groups excluding carboxylic acids is 2. The van der Waals surface area contributed by atoms with E-state index in [2.05, 4.69) is 38.1 Å². The fraction of sp³-hybridized carbons (Fsp3) is 0.429. The first kappa shape index (κ1) is 27.9. The number of pyridine rings is 1. The summed E-state index contributed by atoms with van der Waals surface area (Å²) in [5.74, 6) is 0.807. The van der Waals surface area contributed by atoms with Crippen molar-refractivity contribution in [1.29, 1.82) is 5.53 Å². The van der Waals surface area contributed by atoms with Gasteiger partial charge in [-0.15, -0.1) is 0 Å². The zero-order valence-corrected chi connectivity index (χ0v) is 22.4. The van der Waals surface area contributed by atoms with Gasteiger partial charge in [0.2, 0.25) is 5.91 Å². The van der Waals surface area contributed by atoms with E-state index in [9.17, 15) is 9.59 Å². The number of aliphatic hydroxyl groups excluding tert-OH is 1. The van der Waals surface area contributed by atoms with Gasteiger partial charge in [0.25, 0.3) is 5.91 Å². The molecular weight excluding hydrogens is 496 g/mol. The van der Waals surface area contributed by atoms with Gasteiger partial charge in [-0.2, -0.15) is 10.2 Å². The Kier molecular flexibility index (Phi) is 9.37. The molecule has 4 rings (SSSR count). The Bertz CT molecular complexity index is 1310. The number of dihydropyridines is 1. The fourth-order valence-electron chi connectivity index (χ4n) is 5.02. The maximum absolute atomic E-state index is 13.0. The molecule has 2 aromatic rings. The molecular formula is C28H36N8O3. The average molecular weight is 533 g/mol. The Morgan fingerprint density at radius 1 is 1.28 bits per heavy atom. The third-order valence-electron chi connectivity index (χ3n) is 7.30. The van der Waals surface area contributed by atoms with Gasteiger partial charge in [-0.25, -0.2) is 5.53 Å². The normalized spacial score (nSPS) is 19.7. The lowest BCUT2D eigenvalue weighted by Crippen LogP contribution is -2.20. The van der Waals surface area contributed by atoms with Crippen molar-refractivity contribution >= 4 is 28.8 Å². The Morgan fingerprint density at radius 3 is 2.82 bits per heavy atom. The first-order valence-corrected chi connectivity index (χ1v) is 13.4. The quantitative estimate of drug-likeness (QED) is 0.212. The summed E-state index contributed by atoms with van der Waals surface area (Å²) in [6, 6.07) is 3.48. The summed E-state index contributed by atoms with van der Waals surface area (Å²) in [5.41, 5.74) is 10.8. The second-order valence-corrected chi connectivity index (χ2v) is 10.1. The van der Waals surface area contributed by atoms with E-state index in [1.54, 1.807) is 48.4 Å². The number of amides is 2. The van der Waals surface area contributed by atoms with Gasteiger partial charge in [-0.1, -0.05) is 26.2 Å². The number of allylic oxidation sites excluding steroid dienone is 3. The average Bonchev–Trinajstić information content (AvgIpc) is 3.56. The minimum Gasteiger partial charge on any atom is -0.394 e. The minimum absolute atomic E-state index is 0.00529. The summed E-state index contributed by atoms with van der Waals surface area (Å²) in [5, 5.41) is 25.5.